The Labute approximate surface area is 205 Å². The van der Waals surface area contributed by atoms with Gasteiger partial charge in [0.05, 0.1) is 0 Å². The summed E-state index contributed by atoms with van der Waals surface area (Å²) in [5, 5.41) is 22.3. The lowest BCUT2D eigenvalue weighted by molar-refractivity contribution is -0.162. The molecule has 1 heterocycles. The van der Waals surface area contributed by atoms with Gasteiger partial charge in [-0.2, -0.15) is 21.4 Å². The number of alkyl halides is 2. The standard InChI is InChI=1S/C16H29N3O4S3.C3H4F2O2/c17-12(16(22)23)5-3-8-18-15(21)13(10-24)19-14(20)6-2-1-4-11-7-9-25-26-11;1-3(4,5)2(6)7/h11-13,24H,1-10,17H2,(H,18,21)(H,19,20)(H,22,23);1H3,(H,6,7). The molecule has 9 nitrogen and oxygen atoms in total. The van der Waals surface area contributed by atoms with Gasteiger partial charge in [0, 0.05) is 36.6 Å². The van der Waals surface area contributed by atoms with Crippen molar-refractivity contribution < 1.29 is 38.2 Å². The summed E-state index contributed by atoms with van der Waals surface area (Å²) in [4.78, 5) is 43.9. The van der Waals surface area contributed by atoms with Crippen molar-refractivity contribution in [2.45, 2.75) is 75.1 Å². The van der Waals surface area contributed by atoms with Crippen LogP contribution in [-0.4, -0.2) is 75.3 Å². The van der Waals surface area contributed by atoms with E-state index in [0.717, 1.165) is 19.3 Å². The summed E-state index contributed by atoms with van der Waals surface area (Å²) in [6.07, 6.45) is 5.39. The topological polar surface area (TPSA) is 159 Å². The first-order chi connectivity index (χ1) is 15.4. The number of thiol groups is 1. The van der Waals surface area contributed by atoms with Crippen LogP contribution in [0.3, 0.4) is 0 Å². The Morgan fingerprint density at radius 1 is 1.21 bits per heavy atom. The lowest BCUT2D eigenvalue weighted by Crippen LogP contribution is -2.48. The van der Waals surface area contributed by atoms with E-state index in [9.17, 15) is 28.0 Å². The number of hydrogen-bond donors (Lipinski definition) is 6. The van der Waals surface area contributed by atoms with Crippen LogP contribution in [0.4, 0.5) is 8.78 Å². The summed E-state index contributed by atoms with van der Waals surface area (Å²) in [5.41, 5.74) is 5.40. The van der Waals surface area contributed by atoms with E-state index < -0.39 is 29.9 Å². The average molecular weight is 534 g/mol. The molecular formula is C19H33F2N3O6S3. The van der Waals surface area contributed by atoms with Gasteiger partial charge in [-0.05, 0) is 32.1 Å². The second-order valence-electron chi connectivity index (χ2n) is 7.45. The average Bonchev–Trinajstić information content (AvgIpc) is 3.25. The highest BCUT2D eigenvalue weighted by Gasteiger charge is 2.31. The van der Waals surface area contributed by atoms with Gasteiger partial charge in [0.1, 0.15) is 12.1 Å². The van der Waals surface area contributed by atoms with Gasteiger partial charge in [-0.1, -0.05) is 28.0 Å². The van der Waals surface area contributed by atoms with Crippen LogP contribution in [0.1, 0.15) is 51.9 Å². The van der Waals surface area contributed by atoms with Gasteiger partial charge in [-0.25, -0.2) is 4.79 Å². The molecule has 33 heavy (non-hydrogen) atoms. The number of hydrogen-bond acceptors (Lipinski definition) is 8. The molecule has 1 aliphatic rings. The van der Waals surface area contributed by atoms with E-state index in [1.165, 1.54) is 12.2 Å². The number of nitrogens with one attached hydrogen (secondary N) is 2. The molecule has 0 aromatic heterocycles. The van der Waals surface area contributed by atoms with Crippen molar-refractivity contribution in [3.05, 3.63) is 0 Å². The molecule has 0 spiro atoms. The quantitative estimate of drug-likeness (QED) is 0.112. The second-order valence-corrected chi connectivity index (χ2v) is 10.6. The summed E-state index contributed by atoms with van der Waals surface area (Å²) in [7, 11) is 3.87. The van der Waals surface area contributed by atoms with Crippen LogP contribution in [0.25, 0.3) is 0 Å². The maximum absolute atomic E-state index is 12.1. The fourth-order valence-electron chi connectivity index (χ4n) is 2.46. The van der Waals surface area contributed by atoms with Gasteiger partial charge in [-0.15, -0.1) is 0 Å². The Morgan fingerprint density at radius 3 is 2.33 bits per heavy atom. The molecule has 2 amide bonds. The second kappa shape index (κ2) is 17.2. The summed E-state index contributed by atoms with van der Waals surface area (Å²) in [6, 6.07) is -1.60. The largest absolute Gasteiger partial charge is 0.480 e. The predicted octanol–water partition coefficient (Wildman–Crippen LogP) is 2.15. The van der Waals surface area contributed by atoms with Crippen LogP contribution in [0.5, 0.6) is 0 Å². The maximum Gasteiger partial charge on any atom is 0.374 e. The zero-order valence-electron chi connectivity index (χ0n) is 18.4. The predicted molar refractivity (Wildman–Crippen MR) is 129 cm³/mol. The molecular weight excluding hydrogens is 500 g/mol. The lowest BCUT2D eigenvalue weighted by atomic mass is 10.1. The molecule has 1 saturated heterocycles. The van der Waals surface area contributed by atoms with E-state index in [1.807, 2.05) is 21.6 Å². The van der Waals surface area contributed by atoms with Gasteiger partial charge in [0.2, 0.25) is 11.8 Å². The minimum atomic E-state index is -3.58. The summed E-state index contributed by atoms with van der Waals surface area (Å²) in [5.74, 6) is -5.74. The van der Waals surface area contributed by atoms with Crippen molar-refractivity contribution in [1.82, 2.24) is 10.6 Å². The number of aliphatic carboxylic acids is 2. The van der Waals surface area contributed by atoms with Crippen molar-refractivity contribution in [2.75, 3.05) is 18.1 Å². The smallest absolute Gasteiger partial charge is 0.374 e. The number of carbonyl (C=O) groups is 4. The van der Waals surface area contributed by atoms with Crippen LogP contribution in [0.15, 0.2) is 0 Å². The number of carbonyl (C=O) groups excluding carboxylic acids is 2. The lowest BCUT2D eigenvalue weighted by Gasteiger charge is -2.17. The minimum Gasteiger partial charge on any atom is -0.480 e. The fraction of sp³-hybridized carbons (Fsp3) is 0.789. The van der Waals surface area contributed by atoms with Gasteiger partial charge in [0.15, 0.2) is 0 Å². The first-order valence-corrected chi connectivity index (χ1v) is 13.5. The number of carboxylic acid groups (broad SMARTS) is 2. The van der Waals surface area contributed by atoms with E-state index in [1.54, 1.807) is 0 Å². The van der Waals surface area contributed by atoms with Crippen molar-refractivity contribution in [3.8, 4) is 0 Å². The Kier molecular flexibility index (Phi) is 16.6. The number of halogens is 2. The molecule has 0 aromatic rings. The van der Waals surface area contributed by atoms with E-state index in [4.69, 9.17) is 15.9 Å². The molecule has 0 radical (unpaired) electrons. The van der Waals surface area contributed by atoms with Crippen LogP contribution >= 0.6 is 34.2 Å². The van der Waals surface area contributed by atoms with E-state index in [2.05, 4.69) is 23.3 Å². The van der Waals surface area contributed by atoms with Gasteiger partial charge in [-0.3, -0.25) is 14.4 Å². The summed E-state index contributed by atoms with van der Waals surface area (Å²) in [6.45, 7) is 0.645. The van der Waals surface area contributed by atoms with Crippen molar-refractivity contribution in [3.63, 3.8) is 0 Å². The van der Waals surface area contributed by atoms with Gasteiger partial charge in [0.25, 0.3) is 0 Å². The number of nitrogens with two attached hydrogens (primary N) is 1. The van der Waals surface area contributed by atoms with Crippen LogP contribution in [0.2, 0.25) is 0 Å². The van der Waals surface area contributed by atoms with Crippen molar-refractivity contribution in [1.29, 1.82) is 0 Å². The van der Waals surface area contributed by atoms with E-state index >= 15 is 0 Å². The Hall–Kier alpha value is -1.25. The number of carboxylic acids is 2. The number of unbranched alkanes of at least 4 members (excludes halogenated alkanes) is 1. The molecule has 6 N–H and O–H groups in total. The fourth-order valence-corrected chi connectivity index (χ4v) is 5.75. The molecule has 0 bridgehead atoms. The van der Waals surface area contributed by atoms with Crippen molar-refractivity contribution in [2.24, 2.45) is 5.73 Å². The molecule has 0 saturated carbocycles. The normalized spacial score (nSPS) is 17.3. The van der Waals surface area contributed by atoms with E-state index in [-0.39, 0.29) is 24.0 Å². The highest BCUT2D eigenvalue weighted by molar-refractivity contribution is 8.77. The first-order valence-electron chi connectivity index (χ1n) is 10.4. The third-order valence-corrected chi connectivity index (χ3v) is 7.80. The van der Waals surface area contributed by atoms with Gasteiger partial charge >= 0.3 is 17.9 Å². The number of rotatable bonds is 14. The highest BCUT2D eigenvalue weighted by Crippen LogP contribution is 2.39. The molecule has 14 heteroatoms. The molecule has 3 unspecified atom stereocenters. The molecule has 3 atom stereocenters. The van der Waals surface area contributed by atoms with Crippen LogP contribution < -0.4 is 16.4 Å². The van der Waals surface area contributed by atoms with Crippen LogP contribution in [0, 0.1) is 0 Å². The number of amides is 2. The molecule has 1 rings (SSSR count). The van der Waals surface area contributed by atoms with E-state index in [0.29, 0.717) is 31.6 Å². The Bertz CT molecular complexity index is 634. The summed E-state index contributed by atoms with van der Waals surface area (Å²) >= 11 is 4.12. The SMILES string of the molecule is CC(F)(F)C(=O)O.NC(CCCNC(=O)C(CS)NC(=O)CCCCC1CCSS1)C(=O)O. The Morgan fingerprint density at radius 2 is 1.85 bits per heavy atom. The third-order valence-electron chi connectivity index (χ3n) is 4.43. The van der Waals surface area contributed by atoms with Crippen LogP contribution in [-0.2, 0) is 19.2 Å². The zero-order valence-corrected chi connectivity index (χ0v) is 21.0. The molecule has 0 aromatic carbocycles. The Balaban J connectivity index is 0.00000126. The molecule has 192 valence electrons. The third kappa shape index (κ3) is 16.1. The molecule has 1 aliphatic heterocycles. The van der Waals surface area contributed by atoms with Gasteiger partial charge < -0.3 is 26.6 Å². The molecule has 0 aliphatic carbocycles. The van der Waals surface area contributed by atoms with Crippen molar-refractivity contribution >= 4 is 58.0 Å². The monoisotopic (exact) mass is 533 g/mol. The molecule has 1 fully saturated rings. The maximum atomic E-state index is 12.1. The highest BCUT2D eigenvalue weighted by atomic mass is 33.1. The summed E-state index contributed by atoms with van der Waals surface area (Å²) < 4.78 is 22.5. The first kappa shape index (κ1) is 31.8. The minimum absolute atomic E-state index is 0.138. The zero-order chi connectivity index (χ0) is 25.4.